The Bertz CT molecular complexity index is 802. The van der Waals surface area contributed by atoms with Crippen LogP contribution in [-0.2, 0) is 12.8 Å². The molecule has 4 rings (SSSR count). The fourth-order valence-electron chi connectivity index (χ4n) is 4.01. The summed E-state index contributed by atoms with van der Waals surface area (Å²) in [4.78, 5) is 0. The summed E-state index contributed by atoms with van der Waals surface area (Å²) >= 11 is 0. The molecule has 0 spiro atoms. The summed E-state index contributed by atoms with van der Waals surface area (Å²) in [7, 11) is 3.31. The van der Waals surface area contributed by atoms with E-state index in [1.165, 1.54) is 11.1 Å². The minimum absolute atomic E-state index is 0.0719. The van der Waals surface area contributed by atoms with E-state index in [1.807, 2.05) is 0 Å². The molecule has 0 saturated heterocycles. The number of phenolic OH excluding ortho intramolecular Hbond substituents is 2. The highest BCUT2D eigenvalue weighted by molar-refractivity contribution is 5.64. The van der Waals surface area contributed by atoms with Gasteiger partial charge in [0.1, 0.15) is 0 Å². The molecule has 0 fully saturated rings. The van der Waals surface area contributed by atoms with Crippen molar-refractivity contribution in [1.82, 2.24) is 0 Å². The summed E-state index contributed by atoms with van der Waals surface area (Å²) < 4.78 is 10.9. The topological polar surface area (TPSA) is 71.0 Å². The molecular formula is C19H21NO4. The van der Waals surface area contributed by atoms with Gasteiger partial charge in [0.15, 0.2) is 23.0 Å². The second-order valence-corrected chi connectivity index (χ2v) is 6.50. The highest BCUT2D eigenvalue weighted by Crippen LogP contribution is 2.46. The monoisotopic (exact) mass is 327 g/mol. The van der Waals surface area contributed by atoms with Gasteiger partial charge in [-0.3, -0.25) is 0 Å². The Morgan fingerprint density at radius 3 is 2.42 bits per heavy atom. The lowest BCUT2D eigenvalue weighted by Crippen LogP contribution is -2.37. The molecule has 126 valence electrons. The predicted molar refractivity (Wildman–Crippen MR) is 91.5 cm³/mol. The van der Waals surface area contributed by atoms with E-state index in [2.05, 4.69) is 17.4 Å². The fraction of sp³-hybridized carbons (Fsp3) is 0.368. The van der Waals surface area contributed by atoms with Gasteiger partial charge in [0.2, 0.25) is 0 Å². The van der Waals surface area contributed by atoms with E-state index in [0.29, 0.717) is 12.0 Å². The van der Waals surface area contributed by atoms with Crippen LogP contribution in [0.5, 0.6) is 23.0 Å². The molecule has 5 heteroatoms. The Hall–Kier alpha value is -2.56. The van der Waals surface area contributed by atoms with E-state index < -0.39 is 0 Å². The molecular weight excluding hydrogens is 306 g/mol. The van der Waals surface area contributed by atoms with E-state index in [-0.39, 0.29) is 11.5 Å². The largest absolute Gasteiger partial charge is 0.504 e. The maximum Gasteiger partial charge on any atom is 0.161 e. The number of hydrogen-bond acceptors (Lipinski definition) is 5. The summed E-state index contributed by atoms with van der Waals surface area (Å²) in [5, 5.41) is 23.1. The van der Waals surface area contributed by atoms with E-state index >= 15 is 0 Å². The van der Waals surface area contributed by atoms with Crippen LogP contribution in [-0.4, -0.2) is 30.5 Å². The normalized spacial score (nSPS) is 21.1. The van der Waals surface area contributed by atoms with Gasteiger partial charge in [-0.1, -0.05) is 0 Å². The first-order valence-corrected chi connectivity index (χ1v) is 8.17. The quantitative estimate of drug-likeness (QED) is 0.584. The van der Waals surface area contributed by atoms with Gasteiger partial charge in [0.25, 0.3) is 0 Å². The Balaban J connectivity index is 1.77. The third kappa shape index (κ3) is 2.23. The molecule has 2 atom stereocenters. The third-order valence-corrected chi connectivity index (χ3v) is 5.24. The second-order valence-electron chi connectivity index (χ2n) is 6.50. The van der Waals surface area contributed by atoms with Crippen LogP contribution in [0, 0.1) is 0 Å². The Morgan fingerprint density at radius 2 is 1.67 bits per heavy atom. The van der Waals surface area contributed by atoms with Crippen molar-refractivity contribution in [2.24, 2.45) is 0 Å². The van der Waals surface area contributed by atoms with Crippen molar-refractivity contribution in [3.8, 4) is 23.0 Å². The number of aromatic hydroxyl groups is 2. The average molecular weight is 327 g/mol. The number of phenols is 2. The number of ether oxygens (including phenoxy) is 2. The zero-order chi connectivity index (χ0) is 16.8. The second kappa shape index (κ2) is 5.51. The number of hydrogen-bond donors (Lipinski definition) is 3. The molecule has 2 unspecified atom stereocenters. The lowest BCUT2D eigenvalue weighted by Gasteiger charge is -2.39. The van der Waals surface area contributed by atoms with Gasteiger partial charge in [-0.2, -0.15) is 0 Å². The van der Waals surface area contributed by atoms with E-state index in [1.54, 1.807) is 26.4 Å². The van der Waals surface area contributed by atoms with Crippen molar-refractivity contribution in [1.29, 1.82) is 0 Å². The number of fused-ring (bicyclic) bond motifs is 4. The number of benzene rings is 2. The molecule has 2 aromatic carbocycles. The van der Waals surface area contributed by atoms with Crippen molar-refractivity contribution in [3.63, 3.8) is 0 Å². The SMILES string of the molecule is COc1cc2c(cc1OC)C1Cc3cc(O)c(O)cc3NC1CC2. The summed E-state index contributed by atoms with van der Waals surface area (Å²) in [6.45, 7) is 0. The average Bonchev–Trinajstić information content (AvgIpc) is 2.60. The van der Waals surface area contributed by atoms with Gasteiger partial charge in [0, 0.05) is 23.7 Å². The maximum absolute atomic E-state index is 9.80. The molecule has 1 aliphatic carbocycles. The van der Waals surface area contributed by atoms with Gasteiger partial charge in [-0.05, 0) is 54.2 Å². The van der Waals surface area contributed by atoms with Crippen molar-refractivity contribution < 1.29 is 19.7 Å². The summed E-state index contributed by atoms with van der Waals surface area (Å²) in [6.07, 6.45) is 2.82. The van der Waals surface area contributed by atoms with Gasteiger partial charge in [-0.25, -0.2) is 0 Å². The van der Waals surface area contributed by atoms with Crippen LogP contribution in [0.4, 0.5) is 5.69 Å². The molecule has 24 heavy (non-hydrogen) atoms. The lowest BCUT2D eigenvalue weighted by molar-refractivity contribution is 0.351. The van der Waals surface area contributed by atoms with Crippen LogP contribution in [0.3, 0.4) is 0 Å². The molecule has 2 aliphatic rings. The summed E-state index contributed by atoms with van der Waals surface area (Å²) in [6, 6.07) is 7.74. The zero-order valence-corrected chi connectivity index (χ0v) is 13.8. The Morgan fingerprint density at radius 1 is 0.958 bits per heavy atom. The highest BCUT2D eigenvalue weighted by Gasteiger charge is 2.35. The van der Waals surface area contributed by atoms with E-state index in [0.717, 1.165) is 42.0 Å². The van der Waals surface area contributed by atoms with Gasteiger partial charge < -0.3 is 25.0 Å². The van der Waals surface area contributed by atoms with Gasteiger partial charge in [0.05, 0.1) is 14.2 Å². The molecule has 2 aromatic rings. The molecule has 3 N–H and O–H groups in total. The minimum atomic E-state index is -0.0812. The molecule has 0 aromatic heterocycles. The van der Waals surface area contributed by atoms with Crippen molar-refractivity contribution in [2.75, 3.05) is 19.5 Å². The minimum Gasteiger partial charge on any atom is -0.504 e. The summed E-state index contributed by atoms with van der Waals surface area (Å²) in [5.74, 6) is 1.67. The van der Waals surface area contributed by atoms with Crippen molar-refractivity contribution >= 4 is 5.69 Å². The Labute approximate surface area is 140 Å². The van der Waals surface area contributed by atoms with Crippen LogP contribution >= 0.6 is 0 Å². The number of anilines is 1. The highest BCUT2D eigenvalue weighted by atomic mass is 16.5. The molecule has 0 bridgehead atoms. The van der Waals surface area contributed by atoms with Gasteiger partial charge in [-0.15, -0.1) is 0 Å². The number of nitrogens with one attached hydrogen (secondary N) is 1. The summed E-state index contributed by atoms with van der Waals surface area (Å²) in [5.41, 5.74) is 4.50. The fourth-order valence-corrected chi connectivity index (χ4v) is 4.01. The van der Waals surface area contributed by atoms with Crippen LogP contribution in [0.15, 0.2) is 24.3 Å². The van der Waals surface area contributed by atoms with Crippen LogP contribution < -0.4 is 14.8 Å². The standard InChI is InChI=1S/C19H21NO4/c1-23-18-7-10-3-4-14-13(12(10)8-19(18)24-2)5-11-6-16(21)17(22)9-15(11)20-14/h6-9,13-14,20-22H,3-5H2,1-2H3. The maximum atomic E-state index is 9.80. The molecule has 1 aliphatic heterocycles. The number of methoxy groups -OCH3 is 2. The lowest BCUT2D eigenvalue weighted by atomic mass is 9.74. The molecule has 0 saturated carbocycles. The third-order valence-electron chi connectivity index (χ3n) is 5.24. The Kier molecular flexibility index (Phi) is 3.44. The smallest absolute Gasteiger partial charge is 0.161 e. The number of aryl methyl sites for hydroxylation is 1. The molecule has 1 heterocycles. The molecule has 5 nitrogen and oxygen atoms in total. The van der Waals surface area contributed by atoms with Crippen LogP contribution in [0.25, 0.3) is 0 Å². The van der Waals surface area contributed by atoms with E-state index in [4.69, 9.17) is 9.47 Å². The first-order valence-electron chi connectivity index (χ1n) is 8.17. The van der Waals surface area contributed by atoms with Crippen LogP contribution in [0.2, 0.25) is 0 Å². The first kappa shape index (κ1) is 15.0. The molecule has 0 radical (unpaired) electrons. The predicted octanol–water partition coefficient (Wildman–Crippen LogP) is 3.18. The van der Waals surface area contributed by atoms with E-state index in [9.17, 15) is 10.2 Å². The van der Waals surface area contributed by atoms with Crippen molar-refractivity contribution in [2.45, 2.75) is 31.2 Å². The van der Waals surface area contributed by atoms with Crippen LogP contribution in [0.1, 0.15) is 29.0 Å². The zero-order valence-electron chi connectivity index (χ0n) is 13.8. The number of rotatable bonds is 2. The van der Waals surface area contributed by atoms with Gasteiger partial charge >= 0.3 is 0 Å². The molecule has 0 amide bonds. The van der Waals surface area contributed by atoms with Crippen molar-refractivity contribution in [3.05, 3.63) is 41.0 Å². The first-order chi connectivity index (χ1) is 11.6.